The van der Waals surface area contributed by atoms with Gasteiger partial charge >= 0.3 is 6.61 Å². The quantitative estimate of drug-likeness (QED) is 0.609. The van der Waals surface area contributed by atoms with E-state index in [1.807, 2.05) is 6.92 Å². The van der Waals surface area contributed by atoms with Crippen LogP contribution in [0.1, 0.15) is 51.5 Å². The molecular formula is C21H28F2N2O4. The molecule has 2 rings (SSSR count). The van der Waals surface area contributed by atoms with Crippen LogP contribution in [0.3, 0.4) is 0 Å². The van der Waals surface area contributed by atoms with E-state index in [-0.39, 0.29) is 29.9 Å². The van der Waals surface area contributed by atoms with E-state index in [9.17, 15) is 18.4 Å². The van der Waals surface area contributed by atoms with Crippen molar-refractivity contribution in [1.29, 1.82) is 0 Å². The van der Waals surface area contributed by atoms with E-state index in [1.54, 1.807) is 13.0 Å². The summed E-state index contributed by atoms with van der Waals surface area (Å²) in [5, 5.41) is 5.68. The third-order valence-corrected chi connectivity index (χ3v) is 4.75. The molecule has 6 nitrogen and oxygen atoms in total. The second-order valence-corrected chi connectivity index (χ2v) is 6.84. The van der Waals surface area contributed by atoms with Crippen LogP contribution in [0.5, 0.6) is 11.5 Å². The topological polar surface area (TPSA) is 76.7 Å². The minimum Gasteiger partial charge on any atom is -0.490 e. The molecule has 0 radical (unpaired) electrons. The summed E-state index contributed by atoms with van der Waals surface area (Å²) < 4.78 is 34.8. The molecule has 0 bridgehead atoms. The van der Waals surface area contributed by atoms with Gasteiger partial charge in [-0.15, -0.1) is 0 Å². The van der Waals surface area contributed by atoms with E-state index in [2.05, 4.69) is 15.4 Å². The van der Waals surface area contributed by atoms with E-state index < -0.39 is 12.2 Å². The summed E-state index contributed by atoms with van der Waals surface area (Å²) in [4.78, 5) is 25.0. The highest BCUT2D eigenvalue weighted by molar-refractivity contribution is 5.97. The molecule has 1 saturated carbocycles. The highest BCUT2D eigenvalue weighted by Gasteiger charge is 2.40. The first-order chi connectivity index (χ1) is 13.9. The minimum absolute atomic E-state index is 0.0687. The lowest BCUT2D eigenvalue weighted by atomic mass is 9.80. The number of likely N-dealkylation sites (N-methyl/N-ethyl adjacent to an activating group) is 1. The van der Waals surface area contributed by atoms with Gasteiger partial charge in [-0.3, -0.25) is 9.59 Å². The average Bonchev–Trinajstić information content (AvgIpc) is 2.69. The summed E-state index contributed by atoms with van der Waals surface area (Å²) in [7, 11) is 0. The molecule has 0 unspecified atom stereocenters. The Morgan fingerprint density at radius 1 is 1.17 bits per heavy atom. The number of amides is 2. The largest absolute Gasteiger partial charge is 0.490 e. The molecule has 0 aromatic heterocycles. The van der Waals surface area contributed by atoms with Gasteiger partial charge in [0.05, 0.1) is 6.61 Å². The smallest absolute Gasteiger partial charge is 0.387 e. The van der Waals surface area contributed by atoms with Crippen LogP contribution in [-0.4, -0.2) is 37.1 Å². The Bertz CT molecular complexity index is 731. The average molecular weight is 410 g/mol. The first kappa shape index (κ1) is 22.6. The maximum atomic E-state index is 12.5. The molecule has 8 heteroatoms. The molecule has 1 aliphatic carbocycles. The van der Waals surface area contributed by atoms with Crippen LogP contribution in [-0.2, 0) is 9.59 Å². The van der Waals surface area contributed by atoms with Crippen molar-refractivity contribution in [1.82, 2.24) is 10.6 Å². The van der Waals surface area contributed by atoms with E-state index in [0.717, 1.165) is 19.3 Å². The molecular weight excluding hydrogens is 382 g/mol. The van der Waals surface area contributed by atoms with Gasteiger partial charge in [-0.05, 0) is 50.5 Å². The molecule has 1 fully saturated rings. The van der Waals surface area contributed by atoms with Crippen molar-refractivity contribution in [2.45, 2.75) is 58.1 Å². The number of hydrogen-bond donors (Lipinski definition) is 2. The van der Waals surface area contributed by atoms with Gasteiger partial charge in [-0.25, -0.2) is 0 Å². The zero-order valence-electron chi connectivity index (χ0n) is 16.8. The normalized spacial score (nSPS) is 15.9. The van der Waals surface area contributed by atoms with Crippen LogP contribution in [0.25, 0.3) is 6.08 Å². The zero-order chi connectivity index (χ0) is 21.3. The van der Waals surface area contributed by atoms with Crippen molar-refractivity contribution < 1.29 is 27.8 Å². The van der Waals surface area contributed by atoms with E-state index >= 15 is 0 Å². The Kier molecular flexibility index (Phi) is 8.42. The SMILES string of the molecule is CCNC(=O)C1(NC(=O)C=Cc2ccc(OC(F)F)c(OCC)c2)CCCCC1. The summed E-state index contributed by atoms with van der Waals surface area (Å²) in [6.07, 6.45) is 6.88. The van der Waals surface area contributed by atoms with Gasteiger partial charge in [-0.2, -0.15) is 8.78 Å². The van der Waals surface area contributed by atoms with Gasteiger partial charge < -0.3 is 20.1 Å². The number of halogens is 2. The lowest BCUT2D eigenvalue weighted by Gasteiger charge is -2.36. The molecule has 2 N–H and O–H groups in total. The first-order valence-corrected chi connectivity index (χ1v) is 9.90. The molecule has 0 atom stereocenters. The third-order valence-electron chi connectivity index (χ3n) is 4.75. The van der Waals surface area contributed by atoms with Crippen molar-refractivity contribution in [2.75, 3.05) is 13.2 Å². The molecule has 0 saturated heterocycles. The van der Waals surface area contributed by atoms with Crippen molar-refractivity contribution in [3.63, 3.8) is 0 Å². The van der Waals surface area contributed by atoms with E-state index in [1.165, 1.54) is 24.3 Å². The maximum Gasteiger partial charge on any atom is 0.387 e. The molecule has 0 heterocycles. The molecule has 1 aliphatic rings. The number of carbonyl (C=O) groups excluding carboxylic acids is 2. The van der Waals surface area contributed by atoms with Crippen molar-refractivity contribution >= 4 is 17.9 Å². The molecule has 1 aromatic carbocycles. The van der Waals surface area contributed by atoms with Gasteiger partial charge in [-0.1, -0.05) is 25.3 Å². The van der Waals surface area contributed by atoms with Crippen LogP contribution < -0.4 is 20.1 Å². The van der Waals surface area contributed by atoms with E-state index in [4.69, 9.17) is 4.74 Å². The molecule has 29 heavy (non-hydrogen) atoms. The summed E-state index contributed by atoms with van der Waals surface area (Å²) in [5.74, 6) is -0.445. The summed E-state index contributed by atoms with van der Waals surface area (Å²) in [6.45, 7) is 1.39. The van der Waals surface area contributed by atoms with Gasteiger partial charge in [0.2, 0.25) is 11.8 Å². The molecule has 0 spiro atoms. The van der Waals surface area contributed by atoms with Crippen LogP contribution >= 0.6 is 0 Å². The molecule has 2 amide bonds. The summed E-state index contributed by atoms with van der Waals surface area (Å²) in [6, 6.07) is 4.43. The van der Waals surface area contributed by atoms with Crippen LogP contribution in [0.2, 0.25) is 0 Å². The third kappa shape index (κ3) is 6.44. The summed E-state index contributed by atoms with van der Waals surface area (Å²) >= 11 is 0. The Morgan fingerprint density at radius 3 is 2.52 bits per heavy atom. The number of nitrogens with one attached hydrogen (secondary N) is 2. The van der Waals surface area contributed by atoms with Crippen LogP contribution in [0, 0.1) is 0 Å². The van der Waals surface area contributed by atoms with Gasteiger partial charge in [0.1, 0.15) is 5.54 Å². The molecule has 1 aromatic rings. The molecule has 160 valence electrons. The van der Waals surface area contributed by atoms with Crippen LogP contribution in [0.15, 0.2) is 24.3 Å². The highest BCUT2D eigenvalue weighted by atomic mass is 19.3. The fraction of sp³-hybridized carbons (Fsp3) is 0.524. The Balaban J connectivity index is 2.12. The lowest BCUT2D eigenvalue weighted by molar-refractivity contribution is -0.133. The Labute approximate surface area is 169 Å². The Hall–Kier alpha value is -2.64. The predicted molar refractivity (Wildman–Crippen MR) is 106 cm³/mol. The summed E-state index contributed by atoms with van der Waals surface area (Å²) in [5.41, 5.74) is -0.304. The van der Waals surface area contributed by atoms with Crippen molar-refractivity contribution in [2.24, 2.45) is 0 Å². The number of rotatable bonds is 9. The zero-order valence-corrected chi connectivity index (χ0v) is 16.8. The van der Waals surface area contributed by atoms with Crippen LogP contribution in [0.4, 0.5) is 8.78 Å². The maximum absolute atomic E-state index is 12.5. The first-order valence-electron chi connectivity index (χ1n) is 9.90. The number of hydrogen-bond acceptors (Lipinski definition) is 4. The van der Waals surface area contributed by atoms with Gasteiger partial charge in [0.15, 0.2) is 11.5 Å². The Morgan fingerprint density at radius 2 is 1.90 bits per heavy atom. The predicted octanol–water partition coefficient (Wildman–Crippen LogP) is 3.66. The number of benzene rings is 1. The fourth-order valence-corrected chi connectivity index (χ4v) is 3.43. The fourth-order valence-electron chi connectivity index (χ4n) is 3.43. The lowest BCUT2D eigenvalue weighted by Crippen LogP contribution is -2.59. The van der Waals surface area contributed by atoms with Gasteiger partial charge in [0, 0.05) is 12.6 Å². The number of carbonyl (C=O) groups is 2. The van der Waals surface area contributed by atoms with Crippen molar-refractivity contribution in [3.8, 4) is 11.5 Å². The molecule has 0 aliphatic heterocycles. The second-order valence-electron chi connectivity index (χ2n) is 6.84. The number of ether oxygens (including phenoxy) is 2. The highest BCUT2D eigenvalue weighted by Crippen LogP contribution is 2.31. The second kappa shape index (κ2) is 10.8. The number of alkyl halides is 2. The monoisotopic (exact) mass is 410 g/mol. The minimum atomic E-state index is -2.96. The van der Waals surface area contributed by atoms with E-state index in [0.29, 0.717) is 24.9 Å². The standard InChI is InChI=1S/C21H28F2N2O4/c1-3-24-19(27)21(12-6-5-7-13-21)25-18(26)11-9-15-8-10-16(29-20(22)23)17(14-15)28-4-2/h8-11,14,20H,3-7,12-13H2,1-2H3,(H,24,27)(H,25,26). The van der Waals surface area contributed by atoms with Crippen molar-refractivity contribution in [3.05, 3.63) is 29.8 Å². The van der Waals surface area contributed by atoms with Gasteiger partial charge in [0.25, 0.3) is 0 Å².